The van der Waals surface area contributed by atoms with E-state index in [-0.39, 0.29) is 5.46 Å². The number of halogens is 3. The third kappa shape index (κ3) is 3.28. The van der Waals surface area contributed by atoms with Crippen LogP contribution in [0.15, 0.2) is 30.3 Å². The van der Waals surface area contributed by atoms with Crippen molar-refractivity contribution >= 4 is 18.6 Å². The Bertz CT molecular complexity index is 339. The first-order chi connectivity index (χ1) is 6.91. The van der Waals surface area contributed by atoms with E-state index in [0.717, 1.165) is 0 Å². The highest BCUT2D eigenvalue weighted by molar-refractivity contribution is 6.61. The van der Waals surface area contributed by atoms with Crippen LogP contribution in [0.1, 0.15) is 0 Å². The summed E-state index contributed by atoms with van der Waals surface area (Å²) in [6.07, 6.45) is -5.10. The molecule has 80 valence electrons. The van der Waals surface area contributed by atoms with Gasteiger partial charge in [-0.1, -0.05) is 30.3 Å². The number of carbonyl (C=O) groups excluding carboxylic acids is 1. The van der Waals surface area contributed by atoms with E-state index in [2.05, 4.69) is 4.65 Å². The number of carbonyl (C=O) groups is 1. The first-order valence-electron chi connectivity index (χ1n) is 3.92. The molecule has 0 saturated heterocycles. The molecule has 0 heterocycles. The molecule has 0 aromatic heterocycles. The highest BCUT2D eigenvalue weighted by atomic mass is 19.4. The largest absolute Gasteiger partial charge is 0.562 e. The number of hydrogen-bond acceptors (Lipinski definition) is 3. The number of rotatable bonds is 2. The van der Waals surface area contributed by atoms with E-state index in [1.807, 2.05) is 0 Å². The predicted molar refractivity (Wildman–Crippen MR) is 46.2 cm³/mol. The Balaban J connectivity index is 2.65. The molecule has 0 fully saturated rings. The van der Waals surface area contributed by atoms with Crippen LogP contribution in [-0.4, -0.2) is 24.3 Å². The van der Waals surface area contributed by atoms with Gasteiger partial charge in [0.2, 0.25) is 0 Å². The Hall–Kier alpha value is -1.50. The van der Waals surface area contributed by atoms with Crippen molar-refractivity contribution in [2.45, 2.75) is 6.18 Å². The molecule has 1 aromatic carbocycles. The molecule has 0 aliphatic heterocycles. The second-order valence-corrected chi connectivity index (χ2v) is 2.67. The SMILES string of the molecule is O=C(OB(O)c1ccccc1)C(F)(F)F. The van der Waals surface area contributed by atoms with Crippen LogP contribution >= 0.6 is 0 Å². The normalized spacial score (nSPS) is 10.9. The van der Waals surface area contributed by atoms with Crippen molar-refractivity contribution in [3.05, 3.63) is 30.3 Å². The quantitative estimate of drug-likeness (QED) is 0.734. The molecule has 0 radical (unpaired) electrons. The third-order valence-electron chi connectivity index (χ3n) is 1.53. The summed E-state index contributed by atoms with van der Waals surface area (Å²) in [4.78, 5) is 10.3. The van der Waals surface area contributed by atoms with Crippen LogP contribution < -0.4 is 5.46 Å². The maximum absolute atomic E-state index is 11.7. The van der Waals surface area contributed by atoms with Crippen molar-refractivity contribution < 1.29 is 27.6 Å². The first-order valence-corrected chi connectivity index (χ1v) is 3.92. The van der Waals surface area contributed by atoms with Crippen LogP contribution in [0.3, 0.4) is 0 Å². The number of hydrogen-bond donors (Lipinski definition) is 1. The van der Waals surface area contributed by atoms with E-state index >= 15 is 0 Å². The number of alkyl halides is 3. The molecule has 1 rings (SSSR count). The van der Waals surface area contributed by atoms with Crippen LogP contribution in [0.4, 0.5) is 13.2 Å². The Morgan fingerprint density at radius 3 is 2.27 bits per heavy atom. The molecule has 1 aromatic rings. The molecular weight excluding hydrogens is 212 g/mol. The van der Waals surface area contributed by atoms with Crippen molar-refractivity contribution in [2.75, 3.05) is 0 Å². The minimum Gasteiger partial charge on any atom is -0.499 e. The second-order valence-electron chi connectivity index (χ2n) is 2.67. The maximum atomic E-state index is 11.7. The minimum absolute atomic E-state index is 0.0788. The van der Waals surface area contributed by atoms with Gasteiger partial charge in [0, 0.05) is 0 Å². The first kappa shape index (κ1) is 11.6. The molecular formula is C8H6BF3O3. The van der Waals surface area contributed by atoms with Gasteiger partial charge >= 0.3 is 19.3 Å². The molecule has 15 heavy (non-hydrogen) atoms. The predicted octanol–water partition coefficient (Wildman–Crippen LogP) is 0.480. The van der Waals surface area contributed by atoms with Crippen molar-refractivity contribution in [2.24, 2.45) is 0 Å². The fourth-order valence-electron chi connectivity index (χ4n) is 0.854. The molecule has 0 spiro atoms. The minimum atomic E-state index is -5.10. The third-order valence-corrected chi connectivity index (χ3v) is 1.53. The molecule has 0 unspecified atom stereocenters. The summed E-state index contributed by atoms with van der Waals surface area (Å²) in [5.41, 5.74) is 0.0788. The molecule has 1 N–H and O–H groups in total. The van der Waals surface area contributed by atoms with Gasteiger partial charge in [-0.3, -0.25) is 0 Å². The van der Waals surface area contributed by atoms with Gasteiger partial charge in [-0.15, -0.1) is 0 Å². The summed E-state index contributed by atoms with van der Waals surface area (Å²) in [6, 6.07) is 7.30. The van der Waals surface area contributed by atoms with Gasteiger partial charge in [-0.2, -0.15) is 13.2 Å². The maximum Gasteiger partial charge on any atom is 0.562 e. The Morgan fingerprint density at radius 2 is 1.80 bits per heavy atom. The molecule has 0 aliphatic carbocycles. The van der Waals surface area contributed by atoms with Crippen molar-refractivity contribution in [3.8, 4) is 0 Å². The average Bonchev–Trinajstić information content (AvgIpc) is 2.17. The highest BCUT2D eigenvalue weighted by Gasteiger charge is 2.43. The van der Waals surface area contributed by atoms with Gasteiger partial charge in [-0.05, 0) is 5.46 Å². The Morgan fingerprint density at radius 1 is 1.27 bits per heavy atom. The smallest absolute Gasteiger partial charge is 0.499 e. The fourth-order valence-corrected chi connectivity index (χ4v) is 0.854. The van der Waals surface area contributed by atoms with E-state index in [0.29, 0.717) is 0 Å². The van der Waals surface area contributed by atoms with Crippen LogP contribution in [0.25, 0.3) is 0 Å². The standard InChI is InChI=1S/C8H6BF3O3/c10-8(11,12)7(13)15-9(14)6-4-2-1-3-5-6/h1-5,14H. The van der Waals surface area contributed by atoms with Crippen LogP contribution in [0.2, 0.25) is 0 Å². The number of benzene rings is 1. The zero-order valence-corrected chi connectivity index (χ0v) is 7.36. The Labute approximate surface area is 83.6 Å². The van der Waals surface area contributed by atoms with E-state index in [9.17, 15) is 18.0 Å². The lowest BCUT2D eigenvalue weighted by Crippen LogP contribution is -2.40. The molecule has 0 saturated carbocycles. The summed E-state index contributed by atoms with van der Waals surface area (Å²) < 4.78 is 39.0. The van der Waals surface area contributed by atoms with Crippen molar-refractivity contribution in [1.29, 1.82) is 0 Å². The van der Waals surface area contributed by atoms with Gasteiger partial charge in [-0.25, -0.2) is 4.79 Å². The average molecular weight is 218 g/mol. The highest BCUT2D eigenvalue weighted by Crippen LogP contribution is 2.16. The van der Waals surface area contributed by atoms with Crippen LogP contribution in [0, 0.1) is 0 Å². The lowest BCUT2D eigenvalue weighted by Gasteiger charge is -2.09. The zero-order chi connectivity index (χ0) is 11.5. The van der Waals surface area contributed by atoms with Crippen molar-refractivity contribution in [3.63, 3.8) is 0 Å². The summed E-state index contributed by atoms with van der Waals surface area (Å²) in [7, 11) is -1.90. The molecule has 0 bridgehead atoms. The van der Waals surface area contributed by atoms with Crippen molar-refractivity contribution in [1.82, 2.24) is 0 Å². The van der Waals surface area contributed by atoms with E-state index in [1.54, 1.807) is 6.07 Å². The lowest BCUT2D eigenvalue weighted by atomic mass is 9.80. The molecule has 0 amide bonds. The van der Waals surface area contributed by atoms with Crippen LogP contribution in [0.5, 0.6) is 0 Å². The second kappa shape index (κ2) is 4.35. The van der Waals surface area contributed by atoms with E-state index in [1.165, 1.54) is 24.3 Å². The molecule has 7 heteroatoms. The topological polar surface area (TPSA) is 46.5 Å². The monoisotopic (exact) mass is 218 g/mol. The lowest BCUT2D eigenvalue weighted by molar-refractivity contribution is -0.190. The fraction of sp³-hybridized carbons (Fsp3) is 0.125. The summed E-state index contributed by atoms with van der Waals surface area (Å²) in [5.74, 6) is -2.42. The van der Waals surface area contributed by atoms with Gasteiger partial charge in [0.05, 0.1) is 0 Å². The Kier molecular flexibility index (Phi) is 3.36. The molecule has 0 atom stereocenters. The summed E-state index contributed by atoms with van der Waals surface area (Å²) in [6.45, 7) is 0. The molecule has 0 aliphatic rings. The van der Waals surface area contributed by atoms with E-state index < -0.39 is 19.3 Å². The van der Waals surface area contributed by atoms with E-state index in [4.69, 9.17) is 5.02 Å². The van der Waals surface area contributed by atoms with Crippen LogP contribution in [-0.2, 0) is 9.45 Å². The summed E-state index contributed by atoms with van der Waals surface area (Å²) in [5, 5.41) is 9.11. The van der Waals surface area contributed by atoms with Gasteiger partial charge in [0.15, 0.2) is 0 Å². The van der Waals surface area contributed by atoms with Gasteiger partial charge in [0.25, 0.3) is 0 Å². The molecule has 3 nitrogen and oxygen atoms in total. The zero-order valence-electron chi connectivity index (χ0n) is 7.36. The van der Waals surface area contributed by atoms with Gasteiger partial charge < -0.3 is 9.68 Å². The summed E-state index contributed by atoms with van der Waals surface area (Å²) >= 11 is 0. The van der Waals surface area contributed by atoms with Gasteiger partial charge in [0.1, 0.15) is 0 Å².